The molecule has 0 radical (unpaired) electrons. The van der Waals surface area contributed by atoms with E-state index in [1.54, 1.807) is 6.92 Å². The Morgan fingerprint density at radius 2 is 2.16 bits per heavy atom. The molecule has 0 aliphatic rings. The van der Waals surface area contributed by atoms with Crippen LogP contribution in [-0.2, 0) is 14.8 Å². The molecule has 0 aromatic heterocycles. The monoisotopic (exact) mass is 309 g/mol. The topological polar surface area (TPSA) is 55.4 Å². The summed E-state index contributed by atoms with van der Waals surface area (Å²) in [5.41, 5.74) is 0.482. The number of alkyl halides is 1. The predicted octanol–water partition coefficient (Wildman–Crippen LogP) is 2.06. The molecule has 1 aromatic carbocycles. The number of halogens is 2. The highest BCUT2D eigenvalue weighted by Crippen LogP contribution is 2.17. The molecular weight excluding hydrogens is 293 g/mol. The van der Waals surface area contributed by atoms with E-state index in [4.69, 9.17) is 16.3 Å². The van der Waals surface area contributed by atoms with Crippen LogP contribution in [-0.4, -0.2) is 34.1 Å². The first-order valence-corrected chi connectivity index (χ1v) is 7.76. The van der Waals surface area contributed by atoms with E-state index in [2.05, 4.69) is 4.72 Å². The van der Waals surface area contributed by atoms with Crippen molar-refractivity contribution in [3.05, 3.63) is 29.6 Å². The number of aryl methyl sites for hydroxylation is 1. The third kappa shape index (κ3) is 4.72. The summed E-state index contributed by atoms with van der Waals surface area (Å²) in [4.78, 5) is -0.0665. The van der Waals surface area contributed by atoms with E-state index in [0.29, 0.717) is 17.9 Å². The minimum absolute atomic E-state index is 0.0665. The average molecular weight is 310 g/mol. The molecular formula is C12H17ClFNO3S. The van der Waals surface area contributed by atoms with Crippen molar-refractivity contribution < 1.29 is 17.5 Å². The van der Waals surface area contributed by atoms with Crippen LogP contribution in [0.25, 0.3) is 0 Å². The van der Waals surface area contributed by atoms with Crippen molar-refractivity contribution in [1.82, 2.24) is 4.72 Å². The lowest BCUT2D eigenvalue weighted by molar-refractivity contribution is 0.173. The quantitative estimate of drug-likeness (QED) is 0.784. The molecule has 1 N–H and O–H groups in total. The van der Waals surface area contributed by atoms with Gasteiger partial charge in [0.25, 0.3) is 0 Å². The number of hydrogen-bond acceptors (Lipinski definition) is 3. The first-order valence-electron chi connectivity index (χ1n) is 5.74. The zero-order valence-electron chi connectivity index (χ0n) is 10.8. The third-order valence-electron chi connectivity index (χ3n) is 2.59. The Morgan fingerprint density at radius 3 is 2.74 bits per heavy atom. The molecule has 0 aliphatic heterocycles. The van der Waals surface area contributed by atoms with Crippen LogP contribution < -0.4 is 4.72 Å². The van der Waals surface area contributed by atoms with Crippen LogP contribution in [0.2, 0.25) is 0 Å². The second-order valence-electron chi connectivity index (χ2n) is 4.16. The fourth-order valence-corrected chi connectivity index (χ4v) is 3.43. The molecule has 0 heterocycles. The number of ether oxygens (including phenoxy) is 1. The van der Waals surface area contributed by atoms with Gasteiger partial charge in [-0.15, -0.1) is 11.6 Å². The molecule has 108 valence electrons. The Balaban J connectivity index is 2.99. The summed E-state index contributed by atoms with van der Waals surface area (Å²) in [6.45, 7) is 1.82. The molecule has 1 aromatic rings. The minimum Gasteiger partial charge on any atom is -0.383 e. The second kappa shape index (κ2) is 7.19. The van der Waals surface area contributed by atoms with Gasteiger partial charge in [0.1, 0.15) is 5.82 Å². The van der Waals surface area contributed by atoms with Crippen LogP contribution in [0.3, 0.4) is 0 Å². The molecule has 0 bridgehead atoms. The van der Waals surface area contributed by atoms with Crippen molar-refractivity contribution in [3.8, 4) is 0 Å². The summed E-state index contributed by atoms with van der Waals surface area (Å²) in [5.74, 6) is -0.287. The molecule has 1 unspecified atom stereocenters. The zero-order chi connectivity index (χ0) is 14.5. The van der Waals surface area contributed by atoms with Gasteiger partial charge in [-0.05, 0) is 31.0 Å². The van der Waals surface area contributed by atoms with Crippen LogP contribution in [0.4, 0.5) is 4.39 Å². The van der Waals surface area contributed by atoms with Crippen LogP contribution >= 0.6 is 11.6 Å². The summed E-state index contributed by atoms with van der Waals surface area (Å²) in [5, 5.41) is 0. The zero-order valence-corrected chi connectivity index (χ0v) is 12.4. The standard InChI is InChI=1S/C12H17ClFNO3S/c1-9-3-4-10(14)7-12(9)19(16,17)15-11(5-6-13)8-18-2/h3-4,7,11,15H,5-6,8H2,1-2H3. The number of hydrogen-bond donors (Lipinski definition) is 1. The highest BCUT2D eigenvalue weighted by atomic mass is 35.5. The normalized spacial score (nSPS) is 13.5. The van der Waals surface area contributed by atoms with Gasteiger partial charge in [-0.25, -0.2) is 17.5 Å². The van der Waals surface area contributed by atoms with Gasteiger partial charge in [-0.3, -0.25) is 0 Å². The molecule has 4 nitrogen and oxygen atoms in total. The summed E-state index contributed by atoms with van der Waals surface area (Å²) in [7, 11) is -2.31. The molecule has 0 saturated carbocycles. The Hall–Kier alpha value is -0.690. The van der Waals surface area contributed by atoms with Gasteiger partial charge in [0.2, 0.25) is 10.0 Å². The minimum atomic E-state index is -3.79. The smallest absolute Gasteiger partial charge is 0.241 e. The molecule has 7 heteroatoms. The summed E-state index contributed by atoms with van der Waals surface area (Å²) < 4.78 is 45.0. The lowest BCUT2D eigenvalue weighted by Crippen LogP contribution is -2.38. The van der Waals surface area contributed by atoms with Gasteiger partial charge in [0.05, 0.1) is 11.5 Å². The van der Waals surface area contributed by atoms with Gasteiger partial charge in [0.15, 0.2) is 0 Å². The summed E-state index contributed by atoms with van der Waals surface area (Å²) in [6, 6.07) is 3.22. The van der Waals surface area contributed by atoms with Crippen LogP contribution in [0.15, 0.2) is 23.1 Å². The third-order valence-corrected chi connectivity index (χ3v) is 4.47. The first-order chi connectivity index (χ1) is 8.90. The van der Waals surface area contributed by atoms with Crippen LogP contribution in [0.5, 0.6) is 0 Å². The maximum absolute atomic E-state index is 13.2. The van der Waals surface area contributed by atoms with Gasteiger partial charge in [-0.1, -0.05) is 6.07 Å². The predicted molar refractivity (Wildman–Crippen MR) is 72.5 cm³/mol. The van der Waals surface area contributed by atoms with E-state index >= 15 is 0 Å². The fourth-order valence-electron chi connectivity index (χ4n) is 1.66. The lowest BCUT2D eigenvalue weighted by atomic mass is 10.2. The van der Waals surface area contributed by atoms with Crippen molar-refractivity contribution in [2.24, 2.45) is 0 Å². The number of nitrogens with one attached hydrogen (secondary N) is 1. The summed E-state index contributed by atoms with van der Waals surface area (Å²) >= 11 is 5.61. The Morgan fingerprint density at radius 1 is 1.47 bits per heavy atom. The molecule has 0 fully saturated rings. The SMILES string of the molecule is COCC(CCCl)NS(=O)(=O)c1cc(F)ccc1C. The second-order valence-corrected chi connectivity index (χ2v) is 6.22. The van der Waals surface area contributed by atoms with Gasteiger partial charge in [-0.2, -0.15) is 0 Å². The maximum atomic E-state index is 13.2. The van der Waals surface area contributed by atoms with Gasteiger partial charge in [0, 0.05) is 19.0 Å². The van der Waals surface area contributed by atoms with E-state index in [1.807, 2.05) is 0 Å². The average Bonchev–Trinajstić information content (AvgIpc) is 2.32. The molecule has 0 saturated heterocycles. The number of methoxy groups -OCH3 is 1. The van der Waals surface area contributed by atoms with E-state index in [0.717, 1.165) is 6.07 Å². The highest BCUT2D eigenvalue weighted by Gasteiger charge is 2.22. The van der Waals surface area contributed by atoms with Crippen molar-refractivity contribution in [2.75, 3.05) is 19.6 Å². The van der Waals surface area contributed by atoms with Crippen molar-refractivity contribution >= 4 is 21.6 Å². The molecule has 0 aliphatic carbocycles. The summed E-state index contributed by atoms with van der Waals surface area (Å²) in [6.07, 6.45) is 0.434. The molecule has 0 amide bonds. The number of rotatable bonds is 7. The maximum Gasteiger partial charge on any atom is 0.241 e. The molecule has 1 atom stereocenters. The largest absolute Gasteiger partial charge is 0.383 e. The van der Waals surface area contributed by atoms with E-state index in [-0.39, 0.29) is 11.5 Å². The van der Waals surface area contributed by atoms with Crippen LogP contribution in [0, 0.1) is 12.7 Å². The molecule has 1 rings (SSSR count). The van der Waals surface area contributed by atoms with E-state index in [9.17, 15) is 12.8 Å². The van der Waals surface area contributed by atoms with Gasteiger partial charge >= 0.3 is 0 Å². The van der Waals surface area contributed by atoms with Gasteiger partial charge < -0.3 is 4.74 Å². The molecule has 19 heavy (non-hydrogen) atoms. The fraction of sp³-hybridized carbons (Fsp3) is 0.500. The van der Waals surface area contributed by atoms with Crippen LogP contribution in [0.1, 0.15) is 12.0 Å². The highest BCUT2D eigenvalue weighted by molar-refractivity contribution is 7.89. The van der Waals surface area contributed by atoms with Crippen molar-refractivity contribution in [3.63, 3.8) is 0 Å². The van der Waals surface area contributed by atoms with Crippen molar-refractivity contribution in [2.45, 2.75) is 24.3 Å². The Labute approximate surface area is 118 Å². The molecule has 0 spiro atoms. The van der Waals surface area contributed by atoms with E-state index in [1.165, 1.54) is 19.2 Å². The Kier molecular flexibility index (Phi) is 6.19. The van der Waals surface area contributed by atoms with Crippen molar-refractivity contribution in [1.29, 1.82) is 0 Å². The number of benzene rings is 1. The number of sulfonamides is 1. The lowest BCUT2D eigenvalue weighted by Gasteiger charge is -2.17. The first kappa shape index (κ1) is 16.4. The Bertz CT molecular complexity index is 516. The van der Waals surface area contributed by atoms with E-state index < -0.39 is 21.9 Å².